The van der Waals surface area contributed by atoms with Gasteiger partial charge in [0, 0.05) is 0 Å². The summed E-state index contributed by atoms with van der Waals surface area (Å²) >= 11 is 0. The van der Waals surface area contributed by atoms with Crippen LogP contribution in [0.1, 0.15) is 32.4 Å². The third-order valence-electron chi connectivity index (χ3n) is 2.56. The maximum absolute atomic E-state index is 5.77. The quantitative estimate of drug-likeness (QED) is 0.595. The lowest BCUT2D eigenvalue weighted by Gasteiger charge is -2.11. The summed E-state index contributed by atoms with van der Waals surface area (Å²) in [5.74, 6) is 1.45. The Kier molecular flexibility index (Phi) is 4.65. The molecule has 0 spiro atoms. The summed E-state index contributed by atoms with van der Waals surface area (Å²) in [5.41, 5.74) is 8.34. The molecule has 0 aliphatic rings. The minimum absolute atomic E-state index is 0.718. The Bertz CT molecular complexity index is 353. The fraction of sp³-hybridized carbons (Fsp3) is 0.583. The maximum atomic E-state index is 5.77. The lowest BCUT2D eigenvalue weighted by atomic mass is 9.97. The summed E-state index contributed by atoms with van der Waals surface area (Å²) in [6.07, 6.45) is 2.26. The van der Waals surface area contributed by atoms with E-state index in [2.05, 4.69) is 18.8 Å². The smallest absolute Gasteiger partial charge is 0.206 e. The van der Waals surface area contributed by atoms with Gasteiger partial charge in [0.25, 0.3) is 0 Å². The number of nitrogens with two attached hydrogens (primary N) is 1. The number of anilines is 1. The molecule has 0 saturated heterocycles. The number of nitrogens with zero attached hydrogens (tertiary/aromatic N) is 1. The second-order valence-electron chi connectivity index (χ2n) is 4.67. The number of rotatable bonds is 5. The Morgan fingerprint density at radius 2 is 2.19 bits per heavy atom. The topological polar surface area (TPSA) is 48.1 Å². The predicted octanol–water partition coefficient (Wildman–Crippen LogP) is 1.05. The van der Waals surface area contributed by atoms with Gasteiger partial charge in [-0.25, -0.2) is 4.98 Å². The molecule has 1 aromatic heterocycles. The van der Waals surface area contributed by atoms with Crippen molar-refractivity contribution in [3.63, 3.8) is 0 Å². The number of hydrogen-bond acceptors (Lipinski definition) is 3. The first-order chi connectivity index (χ1) is 7.50. The largest absolute Gasteiger partial charge is 0.478 e. The first-order valence-electron chi connectivity index (χ1n) is 5.87. The van der Waals surface area contributed by atoms with Crippen molar-refractivity contribution in [3.05, 3.63) is 11.8 Å². The summed E-state index contributed by atoms with van der Waals surface area (Å²) in [6, 6.07) is 1.92. The van der Waals surface area contributed by atoms with E-state index >= 15 is 0 Å². The van der Waals surface area contributed by atoms with Gasteiger partial charge in [0.2, 0.25) is 5.88 Å². The normalized spacial score (nSPS) is 10.8. The highest BCUT2D eigenvalue weighted by Gasteiger charge is 2.05. The Morgan fingerprint density at radius 3 is 2.81 bits per heavy atom. The van der Waals surface area contributed by atoms with Crippen LogP contribution in [-0.4, -0.2) is 19.4 Å². The third-order valence-corrected chi connectivity index (χ3v) is 2.56. The van der Waals surface area contributed by atoms with Crippen LogP contribution in [0.25, 0.3) is 0 Å². The van der Waals surface area contributed by atoms with Crippen LogP contribution in [0.15, 0.2) is 6.07 Å². The second kappa shape index (κ2) is 5.78. The first-order valence-corrected chi connectivity index (χ1v) is 5.87. The zero-order valence-corrected chi connectivity index (χ0v) is 10.7. The number of aryl methyl sites for hydroxylation is 1. The van der Waals surface area contributed by atoms with Gasteiger partial charge in [-0.2, -0.15) is 0 Å². The SMILES string of the molecule is Bc1cc(N)c(C)nc1OCCCC(C)C. The van der Waals surface area contributed by atoms with Crippen LogP contribution in [0, 0.1) is 12.8 Å². The van der Waals surface area contributed by atoms with E-state index in [1.807, 2.05) is 20.8 Å². The molecule has 4 heteroatoms. The van der Waals surface area contributed by atoms with Gasteiger partial charge in [-0.3, -0.25) is 0 Å². The van der Waals surface area contributed by atoms with Gasteiger partial charge in [-0.1, -0.05) is 13.8 Å². The van der Waals surface area contributed by atoms with Crippen LogP contribution in [0.3, 0.4) is 0 Å². The third kappa shape index (κ3) is 3.76. The Hall–Kier alpha value is -1.19. The van der Waals surface area contributed by atoms with Crippen LogP contribution < -0.4 is 15.9 Å². The van der Waals surface area contributed by atoms with Gasteiger partial charge in [0.15, 0.2) is 0 Å². The average molecular weight is 220 g/mol. The molecular formula is C12H21BN2O. The summed E-state index contributed by atoms with van der Waals surface area (Å²) in [4.78, 5) is 4.34. The van der Waals surface area contributed by atoms with Crippen molar-refractivity contribution in [2.75, 3.05) is 12.3 Å². The molecule has 0 atom stereocenters. The van der Waals surface area contributed by atoms with Crippen molar-refractivity contribution in [1.82, 2.24) is 4.98 Å². The zero-order valence-electron chi connectivity index (χ0n) is 10.7. The monoisotopic (exact) mass is 220 g/mol. The molecule has 0 unspecified atom stereocenters. The molecule has 0 saturated carbocycles. The van der Waals surface area contributed by atoms with E-state index in [9.17, 15) is 0 Å². The first kappa shape index (κ1) is 12.9. The Morgan fingerprint density at radius 1 is 1.50 bits per heavy atom. The summed E-state index contributed by atoms with van der Waals surface area (Å²) in [5, 5.41) is 0. The molecule has 1 heterocycles. The Balaban J connectivity index is 2.51. The van der Waals surface area contributed by atoms with Crippen molar-refractivity contribution < 1.29 is 4.74 Å². The van der Waals surface area contributed by atoms with Gasteiger partial charge in [-0.15, -0.1) is 0 Å². The number of ether oxygens (including phenoxy) is 1. The lowest BCUT2D eigenvalue weighted by molar-refractivity contribution is 0.289. The highest BCUT2D eigenvalue weighted by Crippen LogP contribution is 2.12. The summed E-state index contributed by atoms with van der Waals surface area (Å²) in [6.45, 7) is 7.07. The van der Waals surface area contributed by atoms with E-state index in [1.165, 1.54) is 6.42 Å². The lowest BCUT2D eigenvalue weighted by Crippen LogP contribution is -2.15. The van der Waals surface area contributed by atoms with Crippen LogP contribution >= 0.6 is 0 Å². The van der Waals surface area contributed by atoms with Crippen LogP contribution in [0.2, 0.25) is 0 Å². The summed E-state index contributed by atoms with van der Waals surface area (Å²) in [7, 11) is 1.97. The van der Waals surface area contributed by atoms with Crippen LogP contribution in [-0.2, 0) is 0 Å². The van der Waals surface area contributed by atoms with Gasteiger partial charge in [-0.05, 0) is 37.2 Å². The fourth-order valence-electron chi connectivity index (χ4n) is 1.51. The van der Waals surface area contributed by atoms with Crippen LogP contribution in [0.5, 0.6) is 5.88 Å². The molecular weight excluding hydrogens is 199 g/mol. The molecule has 0 aliphatic heterocycles. The van der Waals surface area contributed by atoms with E-state index in [4.69, 9.17) is 10.5 Å². The number of pyridine rings is 1. The molecule has 0 aromatic carbocycles. The molecule has 3 nitrogen and oxygen atoms in total. The zero-order chi connectivity index (χ0) is 12.1. The minimum atomic E-state index is 0.718. The highest BCUT2D eigenvalue weighted by atomic mass is 16.5. The van der Waals surface area contributed by atoms with E-state index in [0.717, 1.165) is 41.7 Å². The number of aromatic nitrogens is 1. The highest BCUT2D eigenvalue weighted by molar-refractivity contribution is 6.34. The average Bonchev–Trinajstić information content (AvgIpc) is 2.19. The molecule has 0 amide bonds. The van der Waals surface area contributed by atoms with Crippen molar-refractivity contribution >= 4 is 19.0 Å². The Labute approximate surface area is 98.8 Å². The van der Waals surface area contributed by atoms with Crippen molar-refractivity contribution in [2.24, 2.45) is 5.92 Å². The number of hydrogen-bond donors (Lipinski definition) is 1. The van der Waals surface area contributed by atoms with Crippen molar-refractivity contribution in [3.8, 4) is 5.88 Å². The molecule has 0 aliphatic carbocycles. The molecule has 16 heavy (non-hydrogen) atoms. The van der Waals surface area contributed by atoms with Gasteiger partial charge in [0.05, 0.1) is 18.0 Å². The number of nitrogen functional groups attached to an aromatic ring is 1. The molecule has 0 fully saturated rings. The standard InChI is InChI=1S/C12H21BN2O/c1-8(2)5-4-6-16-12-10(13)7-11(14)9(3)15-12/h7-8H,4-6,13-14H2,1-3H3. The molecule has 1 aromatic rings. The van der Waals surface area contributed by atoms with Gasteiger partial charge < -0.3 is 10.5 Å². The molecule has 1 rings (SSSR count). The molecule has 88 valence electrons. The summed E-state index contributed by atoms with van der Waals surface area (Å²) < 4.78 is 5.66. The van der Waals surface area contributed by atoms with E-state index in [0.29, 0.717) is 0 Å². The molecule has 0 bridgehead atoms. The maximum Gasteiger partial charge on any atom is 0.206 e. The second-order valence-corrected chi connectivity index (χ2v) is 4.67. The van der Waals surface area contributed by atoms with E-state index in [1.54, 1.807) is 0 Å². The van der Waals surface area contributed by atoms with Crippen molar-refractivity contribution in [2.45, 2.75) is 33.6 Å². The van der Waals surface area contributed by atoms with E-state index < -0.39 is 0 Å². The van der Waals surface area contributed by atoms with Gasteiger partial charge >= 0.3 is 0 Å². The molecule has 0 radical (unpaired) electrons. The predicted molar refractivity (Wildman–Crippen MR) is 71.1 cm³/mol. The van der Waals surface area contributed by atoms with E-state index in [-0.39, 0.29) is 0 Å². The van der Waals surface area contributed by atoms with Gasteiger partial charge in [0.1, 0.15) is 7.85 Å². The molecule has 2 N–H and O–H groups in total. The fourth-order valence-corrected chi connectivity index (χ4v) is 1.51. The van der Waals surface area contributed by atoms with Crippen LogP contribution in [0.4, 0.5) is 5.69 Å². The van der Waals surface area contributed by atoms with Crippen molar-refractivity contribution in [1.29, 1.82) is 0 Å². The minimum Gasteiger partial charge on any atom is -0.478 e.